The molecule has 1 aromatic carbocycles. The maximum absolute atomic E-state index is 12.5. The van der Waals surface area contributed by atoms with Gasteiger partial charge in [-0.15, -0.1) is 0 Å². The van der Waals surface area contributed by atoms with Gasteiger partial charge in [-0.1, -0.05) is 19.1 Å². The van der Waals surface area contributed by atoms with Crippen LogP contribution in [0.4, 0.5) is 5.69 Å². The molecule has 0 aliphatic carbocycles. The lowest BCUT2D eigenvalue weighted by molar-refractivity contribution is -0.384. The van der Waals surface area contributed by atoms with E-state index in [1.165, 1.54) is 25.1 Å². The monoisotopic (exact) mass is 349 g/mol. The molecule has 0 aliphatic rings. The number of hydrogen-bond donors (Lipinski definition) is 0. The van der Waals surface area contributed by atoms with Crippen molar-refractivity contribution in [2.45, 2.75) is 52.6 Å². The number of nitrogens with zero attached hydrogens (tertiary/aromatic N) is 1. The summed E-state index contributed by atoms with van der Waals surface area (Å²) in [4.78, 5) is 47.0. The molecule has 0 saturated heterocycles. The van der Waals surface area contributed by atoms with Crippen LogP contribution in [-0.2, 0) is 19.1 Å². The molecule has 1 rings (SSSR count). The summed E-state index contributed by atoms with van der Waals surface area (Å²) in [6.45, 7) is 6.34. The largest absolute Gasteiger partial charge is 0.463 e. The molecule has 0 saturated carbocycles. The molecule has 0 bridgehead atoms. The van der Waals surface area contributed by atoms with Crippen LogP contribution in [0, 0.1) is 16.0 Å². The zero-order valence-corrected chi connectivity index (χ0v) is 14.9. The van der Waals surface area contributed by atoms with Crippen LogP contribution in [0.15, 0.2) is 24.3 Å². The SMILES string of the molecule is CCC(=O)C(c1cccc([N+](=O)[O-])c1)C(CC(=O)OC(C)C)C(C)=O. The summed E-state index contributed by atoms with van der Waals surface area (Å²) in [6, 6.07) is 5.62. The first-order valence-electron chi connectivity index (χ1n) is 8.14. The van der Waals surface area contributed by atoms with E-state index in [2.05, 4.69) is 0 Å². The minimum atomic E-state index is -0.916. The molecular weight excluding hydrogens is 326 g/mol. The molecule has 1 aromatic rings. The van der Waals surface area contributed by atoms with E-state index in [1.54, 1.807) is 26.8 Å². The Hall–Kier alpha value is -2.57. The fourth-order valence-corrected chi connectivity index (χ4v) is 2.68. The van der Waals surface area contributed by atoms with Crippen LogP contribution >= 0.6 is 0 Å². The number of ketones is 2. The quantitative estimate of drug-likeness (QED) is 0.385. The summed E-state index contributed by atoms with van der Waals surface area (Å²) in [5.74, 6) is -2.99. The smallest absolute Gasteiger partial charge is 0.306 e. The molecule has 0 fully saturated rings. The average molecular weight is 349 g/mol. The maximum Gasteiger partial charge on any atom is 0.306 e. The van der Waals surface area contributed by atoms with Gasteiger partial charge in [0.15, 0.2) is 0 Å². The zero-order valence-electron chi connectivity index (χ0n) is 14.9. The number of hydrogen-bond acceptors (Lipinski definition) is 6. The number of Topliss-reactive ketones (excluding diaryl/α,β-unsaturated/α-hetero) is 2. The summed E-state index contributed by atoms with van der Waals surface area (Å²) in [7, 11) is 0. The van der Waals surface area contributed by atoms with Crippen molar-refractivity contribution < 1.29 is 24.0 Å². The number of ether oxygens (including phenoxy) is 1. The number of rotatable bonds is 9. The van der Waals surface area contributed by atoms with E-state index in [0.29, 0.717) is 5.56 Å². The van der Waals surface area contributed by atoms with Crippen molar-refractivity contribution >= 4 is 23.2 Å². The number of nitro benzene ring substituents is 1. The Morgan fingerprint density at radius 3 is 2.36 bits per heavy atom. The Morgan fingerprint density at radius 2 is 1.88 bits per heavy atom. The van der Waals surface area contributed by atoms with E-state index in [9.17, 15) is 24.5 Å². The van der Waals surface area contributed by atoms with Crippen LogP contribution in [-0.4, -0.2) is 28.6 Å². The van der Waals surface area contributed by atoms with Gasteiger partial charge in [0, 0.05) is 24.5 Å². The molecule has 136 valence electrons. The summed E-state index contributed by atoms with van der Waals surface area (Å²) in [5.41, 5.74) is 0.192. The van der Waals surface area contributed by atoms with Crippen LogP contribution < -0.4 is 0 Å². The van der Waals surface area contributed by atoms with Gasteiger partial charge in [0.05, 0.1) is 23.4 Å². The molecule has 2 unspecified atom stereocenters. The predicted octanol–water partition coefficient (Wildman–Crippen LogP) is 3.20. The third-order valence-electron chi connectivity index (χ3n) is 3.81. The van der Waals surface area contributed by atoms with Crippen molar-refractivity contribution in [3.63, 3.8) is 0 Å². The van der Waals surface area contributed by atoms with Crippen LogP contribution in [0.3, 0.4) is 0 Å². The Balaban J connectivity index is 3.27. The minimum Gasteiger partial charge on any atom is -0.463 e. The molecule has 2 atom stereocenters. The van der Waals surface area contributed by atoms with E-state index in [4.69, 9.17) is 4.74 Å². The molecule has 7 heteroatoms. The van der Waals surface area contributed by atoms with Crippen molar-refractivity contribution in [1.82, 2.24) is 0 Å². The van der Waals surface area contributed by atoms with Gasteiger partial charge in [0.25, 0.3) is 5.69 Å². The number of carbonyl (C=O) groups is 3. The summed E-state index contributed by atoms with van der Waals surface area (Å²) in [6.07, 6.45) is -0.429. The minimum absolute atomic E-state index is 0.149. The van der Waals surface area contributed by atoms with Crippen molar-refractivity contribution in [2.24, 2.45) is 5.92 Å². The van der Waals surface area contributed by atoms with Gasteiger partial charge < -0.3 is 4.74 Å². The van der Waals surface area contributed by atoms with Crippen molar-refractivity contribution in [2.75, 3.05) is 0 Å². The number of non-ortho nitro benzene ring substituents is 1. The molecule has 7 nitrogen and oxygen atoms in total. The standard InChI is InChI=1S/C18H23NO6/c1-5-16(21)18(13-7-6-8-14(9-13)19(23)24)15(12(4)20)10-17(22)25-11(2)3/h6-9,11,15,18H,5,10H2,1-4H3. The summed E-state index contributed by atoms with van der Waals surface area (Å²) >= 11 is 0. The number of esters is 1. The van der Waals surface area contributed by atoms with Gasteiger partial charge >= 0.3 is 5.97 Å². The van der Waals surface area contributed by atoms with Crippen LogP contribution in [0.1, 0.15) is 52.0 Å². The highest BCUT2D eigenvalue weighted by atomic mass is 16.6. The highest BCUT2D eigenvalue weighted by molar-refractivity contribution is 5.94. The van der Waals surface area contributed by atoms with Crippen LogP contribution in [0.25, 0.3) is 0 Å². The molecular formula is C18H23NO6. The van der Waals surface area contributed by atoms with E-state index in [0.717, 1.165) is 0 Å². The molecule has 0 spiro atoms. The van der Waals surface area contributed by atoms with Crippen molar-refractivity contribution in [3.05, 3.63) is 39.9 Å². The van der Waals surface area contributed by atoms with Gasteiger partial charge in [-0.3, -0.25) is 24.5 Å². The molecule has 0 heterocycles. The van der Waals surface area contributed by atoms with E-state index < -0.39 is 22.7 Å². The fraction of sp³-hybridized carbons (Fsp3) is 0.500. The Kier molecular flexibility index (Phi) is 7.42. The first-order valence-corrected chi connectivity index (χ1v) is 8.14. The Bertz CT molecular complexity index is 667. The Morgan fingerprint density at radius 1 is 1.24 bits per heavy atom. The molecule has 0 N–H and O–H groups in total. The molecule has 0 amide bonds. The normalized spacial score (nSPS) is 13.2. The van der Waals surface area contributed by atoms with Gasteiger partial charge in [0.2, 0.25) is 0 Å². The first kappa shape index (κ1) is 20.5. The van der Waals surface area contributed by atoms with Crippen molar-refractivity contribution in [1.29, 1.82) is 0 Å². The lowest BCUT2D eigenvalue weighted by Crippen LogP contribution is -2.30. The van der Waals surface area contributed by atoms with E-state index >= 15 is 0 Å². The predicted molar refractivity (Wildman–Crippen MR) is 91.2 cm³/mol. The van der Waals surface area contributed by atoms with E-state index in [-0.39, 0.29) is 36.2 Å². The lowest BCUT2D eigenvalue weighted by atomic mass is 9.78. The topological polar surface area (TPSA) is 104 Å². The first-order chi connectivity index (χ1) is 11.7. The van der Waals surface area contributed by atoms with E-state index in [1.807, 2.05) is 0 Å². The highest BCUT2D eigenvalue weighted by Crippen LogP contribution is 2.32. The molecule has 0 radical (unpaired) electrons. The summed E-state index contributed by atoms with van der Waals surface area (Å²) in [5, 5.41) is 11.0. The molecule has 0 aromatic heterocycles. The highest BCUT2D eigenvalue weighted by Gasteiger charge is 2.35. The third-order valence-corrected chi connectivity index (χ3v) is 3.81. The van der Waals surface area contributed by atoms with Gasteiger partial charge in [0.1, 0.15) is 11.6 Å². The fourth-order valence-electron chi connectivity index (χ4n) is 2.68. The second-order valence-electron chi connectivity index (χ2n) is 6.11. The molecule has 0 aliphatic heterocycles. The summed E-state index contributed by atoms with van der Waals surface area (Å²) < 4.78 is 5.08. The second-order valence-corrected chi connectivity index (χ2v) is 6.11. The third kappa shape index (κ3) is 5.77. The van der Waals surface area contributed by atoms with Gasteiger partial charge in [-0.05, 0) is 26.3 Å². The average Bonchev–Trinajstić information content (AvgIpc) is 2.53. The number of benzene rings is 1. The Labute approximate surface area is 146 Å². The van der Waals surface area contributed by atoms with Crippen LogP contribution in [0.5, 0.6) is 0 Å². The maximum atomic E-state index is 12.5. The van der Waals surface area contributed by atoms with Gasteiger partial charge in [-0.2, -0.15) is 0 Å². The second kappa shape index (κ2) is 9.05. The lowest BCUT2D eigenvalue weighted by Gasteiger charge is -2.24. The zero-order chi connectivity index (χ0) is 19.1. The van der Waals surface area contributed by atoms with Crippen LogP contribution in [0.2, 0.25) is 0 Å². The number of carbonyl (C=O) groups excluding carboxylic acids is 3. The molecule has 25 heavy (non-hydrogen) atoms. The van der Waals surface area contributed by atoms with Gasteiger partial charge in [-0.25, -0.2) is 0 Å². The number of nitro groups is 1. The van der Waals surface area contributed by atoms with Crippen molar-refractivity contribution in [3.8, 4) is 0 Å².